The average molecular weight is 269 g/mol. The molecule has 4 nitrogen and oxygen atoms in total. The number of hydrogen-bond acceptors (Lipinski definition) is 2. The van der Waals surface area contributed by atoms with Gasteiger partial charge in [0.1, 0.15) is 0 Å². The van der Waals surface area contributed by atoms with Gasteiger partial charge in [0, 0.05) is 19.5 Å². The second-order valence-corrected chi connectivity index (χ2v) is 7.02. The highest BCUT2D eigenvalue weighted by atomic mass is 16.4. The van der Waals surface area contributed by atoms with Crippen molar-refractivity contribution in [2.75, 3.05) is 7.05 Å². The predicted octanol–water partition coefficient (Wildman–Crippen LogP) is 2.91. The van der Waals surface area contributed by atoms with Gasteiger partial charge in [0.2, 0.25) is 5.91 Å². The molecule has 0 saturated heterocycles. The number of carbonyl (C=O) groups excluding carboxylic acids is 1. The number of carboxylic acids is 1. The van der Waals surface area contributed by atoms with Crippen LogP contribution in [-0.4, -0.2) is 35.0 Å². The Balaban J connectivity index is 2.76. The number of carboxylic acid groups (broad SMARTS) is 1. The molecule has 1 aliphatic carbocycles. The first-order valence-corrected chi connectivity index (χ1v) is 7.09. The van der Waals surface area contributed by atoms with Crippen molar-refractivity contribution in [3.05, 3.63) is 0 Å². The molecule has 1 atom stereocenters. The minimum absolute atomic E-state index is 0.00350. The fraction of sp³-hybridized carbons (Fsp3) is 0.867. The summed E-state index contributed by atoms with van der Waals surface area (Å²) >= 11 is 0. The van der Waals surface area contributed by atoms with E-state index in [2.05, 4.69) is 20.8 Å². The van der Waals surface area contributed by atoms with E-state index in [1.807, 2.05) is 6.92 Å². The van der Waals surface area contributed by atoms with E-state index in [0.717, 1.165) is 12.8 Å². The minimum Gasteiger partial charge on any atom is -0.481 e. The van der Waals surface area contributed by atoms with Crippen LogP contribution in [0.5, 0.6) is 0 Å². The van der Waals surface area contributed by atoms with Crippen LogP contribution in [0, 0.1) is 10.8 Å². The van der Waals surface area contributed by atoms with Crippen LogP contribution in [0.4, 0.5) is 0 Å². The summed E-state index contributed by atoms with van der Waals surface area (Å²) in [5, 5.41) is 9.42. The number of nitrogens with zero attached hydrogens (tertiary/aromatic N) is 1. The summed E-state index contributed by atoms with van der Waals surface area (Å²) in [6.45, 7) is 8.28. The van der Waals surface area contributed by atoms with E-state index in [9.17, 15) is 14.7 Å². The van der Waals surface area contributed by atoms with Gasteiger partial charge in [-0.1, -0.05) is 33.6 Å². The summed E-state index contributed by atoms with van der Waals surface area (Å²) in [7, 11) is 1.78. The third-order valence-electron chi connectivity index (χ3n) is 4.73. The van der Waals surface area contributed by atoms with Crippen LogP contribution >= 0.6 is 0 Å². The van der Waals surface area contributed by atoms with Gasteiger partial charge in [-0.05, 0) is 25.2 Å². The zero-order chi connectivity index (χ0) is 14.8. The highest BCUT2D eigenvalue weighted by Gasteiger charge is 2.44. The summed E-state index contributed by atoms with van der Waals surface area (Å²) in [6.07, 6.45) is 3.23. The van der Waals surface area contributed by atoms with E-state index in [1.165, 1.54) is 0 Å². The van der Waals surface area contributed by atoms with Crippen LogP contribution in [0.25, 0.3) is 0 Å². The maximum absolute atomic E-state index is 12.4. The van der Waals surface area contributed by atoms with Crippen molar-refractivity contribution in [1.82, 2.24) is 4.90 Å². The van der Waals surface area contributed by atoms with Crippen LogP contribution in [0.15, 0.2) is 0 Å². The first kappa shape index (κ1) is 16.0. The Hall–Kier alpha value is -1.06. The zero-order valence-electron chi connectivity index (χ0n) is 12.8. The SMILES string of the molecule is CC(N(C)C(=O)CC1(C(=O)O)CCCC1)C(C)(C)C. The first-order chi connectivity index (χ1) is 8.60. The summed E-state index contributed by atoms with van der Waals surface area (Å²) in [4.78, 5) is 25.5. The minimum atomic E-state index is -0.817. The molecule has 1 rings (SSSR count). The van der Waals surface area contributed by atoms with Gasteiger partial charge in [0.25, 0.3) is 0 Å². The molecule has 0 aliphatic heterocycles. The Labute approximate surface area is 116 Å². The third-order valence-corrected chi connectivity index (χ3v) is 4.73. The van der Waals surface area contributed by atoms with Crippen LogP contribution < -0.4 is 0 Å². The molecule has 1 N–H and O–H groups in total. The van der Waals surface area contributed by atoms with E-state index in [0.29, 0.717) is 12.8 Å². The number of carbonyl (C=O) groups is 2. The molecule has 0 bridgehead atoms. The van der Waals surface area contributed by atoms with Gasteiger partial charge < -0.3 is 10.0 Å². The lowest BCUT2D eigenvalue weighted by atomic mass is 9.81. The van der Waals surface area contributed by atoms with E-state index >= 15 is 0 Å². The van der Waals surface area contributed by atoms with Gasteiger partial charge in [-0.2, -0.15) is 0 Å². The van der Waals surface area contributed by atoms with Crippen LogP contribution in [0.3, 0.4) is 0 Å². The molecule has 0 aromatic heterocycles. The summed E-state index contributed by atoms with van der Waals surface area (Å²) < 4.78 is 0. The van der Waals surface area contributed by atoms with Crippen molar-refractivity contribution in [3.63, 3.8) is 0 Å². The fourth-order valence-electron chi connectivity index (χ4n) is 2.73. The van der Waals surface area contributed by atoms with Crippen LogP contribution in [0.1, 0.15) is 59.8 Å². The molecule has 1 unspecified atom stereocenters. The van der Waals surface area contributed by atoms with Crippen LogP contribution in [0.2, 0.25) is 0 Å². The van der Waals surface area contributed by atoms with Crippen molar-refractivity contribution < 1.29 is 14.7 Å². The molecule has 0 radical (unpaired) electrons. The Morgan fingerprint density at radius 2 is 1.74 bits per heavy atom. The molecule has 0 heterocycles. The van der Waals surface area contributed by atoms with Crippen molar-refractivity contribution in [3.8, 4) is 0 Å². The monoisotopic (exact) mass is 269 g/mol. The fourth-order valence-corrected chi connectivity index (χ4v) is 2.73. The number of amides is 1. The summed E-state index contributed by atoms with van der Waals surface area (Å²) in [6, 6.07) is 0.0900. The molecule has 0 spiro atoms. The normalized spacial score (nSPS) is 20.1. The topological polar surface area (TPSA) is 57.6 Å². The quantitative estimate of drug-likeness (QED) is 0.853. The first-order valence-electron chi connectivity index (χ1n) is 7.09. The smallest absolute Gasteiger partial charge is 0.310 e. The van der Waals surface area contributed by atoms with E-state index in [4.69, 9.17) is 0 Å². The van der Waals surface area contributed by atoms with Gasteiger partial charge in [-0.3, -0.25) is 9.59 Å². The molecule has 1 fully saturated rings. The summed E-state index contributed by atoms with van der Waals surface area (Å²) in [5.74, 6) is -0.859. The lowest BCUT2D eigenvalue weighted by molar-refractivity contribution is -0.154. The van der Waals surface area contributed by atoms with Crippen molar-refractivity contribution in [1.29, 1.82) is 0 Å². The molecule has 4 heteroatoms. The lowest BCUT2D eigenvalue weighted by Gasteiger charge is -2.37. The van der Waals surface area contributed by atoms with Gasteiger partial charge in [-0.25, -0.2) is 0 Å². The molecule has 110 valence electrons. The Morgan fingerprint density at radius 3 is 2.11 bits per heavy atom. The molecule has 1 aliphatic rings. The number of hydrogen-bond donors (Lipinski definition) is 1. The number of aliphatic carboxylic acids is 1. The van der Waals surface area contributed by atoms with Gasteiger partial charge in [-0.15, -0.1) is 0 Å². The molecule has 19 heavy (non-hydrogen) atoms. The van der Waals surface area contributed by atoms with Gasteiger partial charge in [0.15, 0.2) is 0 Å². The highest BCUT2D eigenvalue weighted by molar-refractivity contribution is 5.85. The Kier molecular flexibility index (Phi) is 4.64. The maximum atomic E-state index is 12.4. The van der Waals surface area contributed by atoms with Gasteiger partial charge >= 0.3 is 5.97 Å². The maximum Gasteiger partial charge on any atom is 0.310 e. The Bertz CT molecular complexity index is 351. The second-order valence-electron chi connectivity index (χ2n) is 7.02. The van der Waals surface area contributed by atoms with Crippen molar-refractivity contribution in [2.45, 2.75) is 65.8 Å². The molecule has 0 aromatic carbocycles. The Morgan fingerprint density at radius 1 is 1.26 bits per heavy atom. The molecule has 0 aromatic rings. The highest BCUT2D eigenvalue weighted by Crippen LogP contribution is 2.42. The molecule has 1 amide bonds. The standard InChI is InChI=1S/C15H27NO3/c1-11(14(2,3)4)16(5)12(17)10-15(13(18)19)8-6-7-9-15/h11H,6-10H2,1-5H3,(H,18,19). The zero-order valence-corrected chi connectivity index (χ0v) is 12.8. The second kappa shape index (κ2) is 5.51. The van der Waals surface area contributed by atoms with E-state index in [-0.39, 0.29) is 23.8 Å². The van der Waals surface area contributed by atoms with Crippen LogP contribution in [-0.2, 0) is 9.59 Å². The average Bonchev–Trinajstić information content (AvgIpc) is 2.75. The molecular weight excluding hydrogens is 242 g/mol. The molecule has 1 saturated carbocycles. The predicted molar refractivity (Wildman–Crippen MR) is 74.8 cm³/mol. The summed E-state index contributed by atoms with van der Waals surface area (Å²) in [5.41, 5.74) is -0.820. The van der Waals surface area contributed by atoms with Gasteiger partial charge in [0.05, 0.1) is 5.41 Å². The van der Waals surface area contributed by atoms with E-state index < -0.39 is 11.4 Å². The lowest BCUT2D eigenvalue weighted by Crippen LogP contribution is -2.45. The largest absolute Gasteiger partial charge is 0.481 e. The van der Waals surface area contributed by atoms with E-state index in [1.54, 1.807) is 11.9 Å². The third kappa shape index (κ3) is 3.48. The molecular formula is C15H27NO3. The number of rotatable bonds is 4. The van der Waals surface area contributed by atoms with Crippen molar-refractivity contribution >= 4 is 11.9 Å². The van der Waals surface area contributed by atoms with Crippen molar-refractivity contribution in [2.24, 2.45) is 10.8 Å².